The second-order valence-electron chi connectivity index (χ2n) is 7.29. The Morgan fingerprint density at radius 3 is 2.23 bits per heavy atom. The first-order valence-electron chi connectivity index (χ1n) is 8.49. The van der Waals surface area contributed by atoms with Crippen molar-refractivity contribution in [3.63, 3.8) is 0 Å². The van der Waals surface area contributed by atoms with Crippen LogP contribution in [-0.4, -0.2) is 12.2 Å². The molecule has 0 radical (unpaired) electrons. The number of benzene rings is 1. The summed E-state index contributed by atoms with van der Waals surface area (Å²) < 4.78 is 13.4. The van der Waals surface area contributed by atoms with Gasteiger partial charge in [0.25, 0.3) is 0 Å². The maximum atomic E-state index is 6.92. The second-order valence-corrected chi connectivity index (χ2v) is 8.08. The van der Waals surface area contributed by atoms with Gasteiger partial charge in [-0.05, 0) is 42.6 Å². The lowest BCUT2D eigenvalue weighted by Crippen LogP contribution is -2.40. The third-order valence-electron chi connectivity index (χ3n) is 5.41. The van der Waals surface area contributed by atoms with Crippen LogP contribution < -0.4 is 15.2 Å². The summed E-state index contributed by atoms with van der Waals surface area (Å²) in [7, 11) is 0. The van der Waals surface area contributed by atoms with Crippen LogP contribution >= 0.6 is 15.9 Å². The lowest BCUT2D eigenvalue weighted by Gasteiger charge is -2.36. The normalized spacial score (nSPS) is 28.7. The van der Waals surface area contributed by atoms with Crippen molar-refractivity contribution >= 4 is 15.9 Å². The van der Waals surface area contributed by atoms with E-state index in [0.29, 0.717) is 0 Å². The van der Waals surface area contributed by atoms with Gasteiger partial charge >= 0.3 is 0 Å². The van der Waals surface area contributed by atoms with E-state index >= 15 is 0 Å². The molecule has 3 aliphatic rings. The molecule has 1 aliphatic carbocycles. The van der Waals surface area contributed by atoms with Crippen LogP contribution in [0.5, 0.6) is 11.5 Å². The molecular formula is C18H24BrNO2. The average molecular weight is 366 g/mol. The molecule has 2 heterocycles. The van der Waals surface area contributed by atoms with Crippen molar-refractivity contribution in [1.29, 1.82) is 0 Å². The van der Waals surface area contributed by atoms with Crippen molar-refractivity contribution in [2.24, 2.45) is 5.73 Å². The van der Waals surface area contributed by atoms with Gasteiger partial charge in [0.05, 0.1) is 4.47 Å². The van der Waals surface area contributed by atoms with Crippen molar-refractivity contribution < 1.29 is 9.47 Å². The molecule has 0 aromatic heterocycles. The Hall–Kier alpha value is -0.740. The third-order valence-corrected chi connectivity index (χ3v) is 6.24. The van der Waals surface area contributed by atoms with Crippen LogP contribution in [0.3, 0.4) is 0 Å². The molecule has 22 heavy (non-hydrogen) atoms. The molecule has 4 rings (SSSR count). The highest BCUT2D eigenvalue weighted by Crippen LogP contribution is 2.54. The molecular weight excluding hydrogens is 342 g/mol. The first-order valence-corrected chi connectivity index (χ1v) is 9.29. The van der Waals surface area contributed by atoms with E-state index in [4.69, 9.17) is 15.2 Å². The highest BCUT2D eigenvalue weighted by molar-refractivity contribution is 9.10. The molecule has 0 spiro atoms. The lowest BCUT2D eigenvalue weighted by atomic mass is 9.74. The highest BCUT2D eigenvalue weighted by Gasteiger charge is 2.42. The number of hydrogen-bond donors (Lipinski definition) is 1. The van der Waals surface area contributed by atoms with E-state index < -0.39 is 0 Å². The van der Waals surface area contributed by atoms with E-state index in [9.17, 15) is 0 Å². The molecule has 1 fully saturated rings. The molecule has 0 bridgehead atoms. The predicted octanol–water partition coefficient (Wildman–Crippen LogP) is 4.21. The molecule has 1 aromatic carbocycles. The first kappa shape index (κ1) is 14.8. The van der Waals surface area contributed by atoms with Crippen molar-refractivity contribution in [2.75, 3.05) is 0 Å². The van der Waals surface area contributed by atoms with Crippen LogP contribution in [0, 0.1) is 0 Å². The van der Waals surface area contributed by atoms with Gasteiger partial charge in [-0.15, -0.1) is 0 Å². The number of rotatable bonds is 1. The summed E-state index contributed by atoms with van der Waals surface area (Å²) in [6.45, 7) is 4.27. The number of nitrogens with two attached hydrogens (primary N) is 1. The topological polar surface area (TPSA) is 44.5 Å². The fraction of sp³-hybridized carbons (Fsp3) is 0.667. The van der Waals surface area contributed by atoms with E-state index in [1.165, 1.54) is 36.0 Å². The quantitative estimate of drug-likeness (QED) is 0.810. The Balaban J connectivity index is 1.94. The van der Waals surface area contributed by atoms with Gasteiger partial charge in [-0.1, -0.05) is 19.3 Å². The van der Waals surface area contributed by atoms with Gasteiger partial charge in [0.2, 0.25) is 0 Å². The van der Waals surface area contributed by atoms with Crippen LogP contribution in [0.4, 0.5) is 0 Å². The summed E-state index contributed by atoms with van der Waals surface area (Å²) in [4.78, 5) is 0. The molecule has 3 nitrogen and oxygen atoms in total. The summed E-state index contributed by atoms with van der Waals surface area (Å²) in [5.74, 6) is 2.08. The third kappa shape index (κ3) is 2.10. The average Bonchev–Trinajstić information content (AvgIpc) is 3.02. The molecule has 0 saturated heterocycles. The number of ether oxygens (including phenoxy) is 2. The summed E-state index contributed by atoms with van der Waals surface area (Å²) >= 11 is 3.77. The summed E-state index contributed by atoms with van der Waals surface area (Å²) in [5.41, 5.74) is 10.5. The summed E-state index contributed by atoms with van der Waals surface area (Å²) in [6.07, 6.45) is 8.14. The van der Waals surface area contributed by atoms with E-state index in [-0.39, 0.29) is 17.7 Å². The second kappa shape index (κ2) is 5.13. The van der Waals surface area contributed by atoms with Gasteiger partial charge in [-0.25, -0.2) is 0 Å². The largest absolute Gasteiger partial charge is 0.490 e. The molecule has 1 saturated carbocycles. The molecule has 1 aromatic rings. The zero-order chi connectivity index (χ0) is 15.5. The fourth-order valence-corrected chi connectivity index (χ4v) is 5.10. The van der Waals surface area contributed by atoms with Crippen molar-refractivity contribution in [3.8, 4) is 11.5 Å². The monoisotopic (exact) mass is 365 g/mol. The Labute approximate surface area is 140 Å². The van der Waals surface area contributed by atoms with Gasteiger partial charge in [-0.3, -0.25) is 0 Å². The van der Waals surface area contributed by atoms with Gasteiger partial charge in [-0.2, -0.15) is 0 Å². The van der Waals surface area contributed by atoms with E-state index in [1.807, 2.05) is 0 Å². The van der Waals surface area contributed by atoms with Crippen LogP contribution in [0.25, 0.3) is 0 Å². The van der Waals surface area contributed by atoms with Crippen LogP contribution in [-0.2, 0) is 18.4 Å². The standard InChI is InChI=1S/C18H24BrNO2/c1-10-8-12-14(18(20)6-4-3-5-7-18)16-13(9-11(2)21-16)15(19)17(12)22-10/h10-11H,3-9,20H2,1-2H3. The molecule has 4 heteroatoms. The molecule has 0 amide bonds. The Bertz CT molecular complexity index is 583. The number of hydrogen-bond acceptors (Lipinski definition) is 3. The van der Waals surface area contributed by atoms with E-state index in [0.717, 1.165) is 41.7 Å². The van der Waals surface area contributed by atoms with E-state index in [1.54, 1.807) is 0 Å². The van der Waals surface area contributed by atoms with Gasteiger partial charge < -0.3 is 15.2 Å². The molecule has 2 aliphatic heterocycles. The zero-order valence-corrected chi connectivity index (χ0v) is 15.0. The highest BCUT2D eigenvalue weighted by atomic mass is 79.9. The maximum Gasteiger partial charge on any atom is 0.138 e. The van der Waals surface area contributed by atoms with Gasteiger partial charge in [0.15, 0.2) is 0 Å². The Kier molecular flexibility index (Phi) is 3.46. The van der Waals surface area contributed by atoms with E-state index in [2.05, 4.69) is 29.8 Å². The van der Waals surface area contributed by atoms with Gasteiger partial charge in [0, 0.05) is 35.1 Å². The molecule has 2 N–H and O–H groups in total. The van der Waals surface area contributed by atoms with Gasteiger partial charge in [0.1, 0.15) is 23.7 Å². The van der Waals surface area contributed by atoms with Crippen LogP contribution in [0.1, 0.15) is 62.6 Å². The molecule has 120 valence electrons. The predicted molar refractivity (Wildman–Crippen MR) is 90.7 cm³/mol. The number of halogens is 1. The zero-order valence-electron chi connectivity index (χ0n) is 13.4. The van der Waals surface area contributed by atoms with Crippen LogP contribution in [0.15, 0.2) is 4.47 Å². The Morgan fingerprint density at radius 1 is 0.955 bits per heavy atom. The number of fused-ring (bicyclic) bond motifs is 2. The smallest absolute Gasteiger partial charge is 0.138 e. The maximum absolute atomic E-state index is 6.92. The minimum absolute atomic E-state index is 0.220. The lowest BCUT2D eigenvalue weighted by molar-refractivity contribution is 0.236. The minimum Gasteiger partial charge on any atom is -0.490 e. The van der Waals surface area contributed by atoms with Crippen molar-refractivity contribution in [3.05, 3.63) is 21.2 Å². The Morgan fingerprint density at radius 2 is 1.55 bits per heavy atom. The van der Waals surface area contributed by atoms with Crippen molar-refractivity contribution in [1.82, 2.24) is 0 Å². The molecule has 2 atom stereocenters. The first-order chi connectivity index (χ1) is 10.5. The molecule has 2 unspecified atom stereocenters. The minimum atomic E-state index is -0.245. The fourth-order valence-electron chi connectivity index (χ4n) is 4.42. The van der Waals surface area contributed by atoms with Crippen molar-refractivity contribution in [2.45, 2.75) is 76.5 Å². The van der Waals surface area contributed by atoms with Crippen LogP contribution in [0.2, 0.25) is 0 Å². The SMILES string of the molecule is CC1Cc2c(c(Br)c3c(c2C2(N)CCCCC2)OC(C)C3)O1. The summed E-state index contributed by atoms with van der Waals surface area (Å²) in [5, 5.41) is 0. The summed E-state index contributed by atoms with van der Waals surface area (Å²) in [6, 6.07) is 0.